The molecule has 4 fully saturated rings. The number of hydrogen-bond acceptors (Lipinski definition) is 6. The zero-order valence-electron chi connectivity index (χ0n) is 21.2. The Kier molecular flexibility index (Phi) is 5.74. The summed E-state index contributed by atoms with van der Waals surface area (Å²) in [5.74, 6) is 2.86. The molecule has 1 N–H and O–H groups in total. The lowest BCUT2D eigenvalue weighted by molar-refractivity contribution is -0.150. The van der Waals surface area contributed by atoms with Crippen LogP contribution >= 0.6 is 0 Å². The molecule has 0 atom stereocenters. The van der Waals surface area contributed by atoms with Crippen molar-refractivity contribution in [1.29, 1.82) is 0 Å². The molecule has 1 aromatic rings. The molecule has 0 bridgehead atoms. The summed E-state index contributed by atoms with van der Waals surface area (Å²) in [6, 6.07) is 4.78. The van der Waals surface area contributed by atoms with Crippen LogP contribution in [0.5, 0.6) is 5.75 Å². The van der Waals surface area contributed by atoms with Gasteiger partial charge in [-0.05, 0) is 81.4 Å². The van der Waals surface area contributed by atoms with Crippen molar-refractivity contribution in [3.05, 3.63) is 28.8 Å². The molecule has 7 nitrogen and oxygen atoms in total. The zero-order chi connectivity index (χ0) is 24.2. The van der Waals surface area contributed by atoms with E-state index in [1.54, 1.807) is 5.56 Å². The molecule has 3 heterocycles. The third kappa shape index (κ3) is 4.30. The van der Waals surface area contributed by atoms with E-state index < -0.39 is 11.4 Å². The molecule has 0 unspecified atom stereocenters. The first-order valence-corrected chi connectivity index (χ1v) is 13.6. The third-order valence-electron chi connectivity index (χ3n) is 9.07. The number of piperidine rings is 1. The van der Waals surface area contributed by atoms with E-state index >= 15 is 0 Å². The summed E-state index contributed by atoms with van der Waals surface area (Å²) in [5, 5.41) is 13.9. The van der Waals surface area contributed by atoms with Crippen molar-refractivity contribution in [3.63, 3.8) is 0 Å². The Morgan fingerprint density at radius 3 is 2.51 bits per heavy atom. The average molecular weight is 482 g/mol. The van der Waals surface area contributed by atoms with Gasteiger partial charge in [0, 0.05) is 38.3 Å². The third-order valence-corrected chi connectivity index (χ3v) is 9.07. The minimum atomic E-state index is -0.689. The fraction of sp³-hybridized carbons (Fsp3) is 0.714. The minimum Gasteiger partial charge on any atom is -0.494 e. The van der Waals surface area contributed by atoms with Gasteiger partial charge in [-0.3, -0.25) is 9.69 Å². The summed E-state index contributed by atoms with van der Waals surface area (Å²) < 4.78 is 6.19. The number of nitrogens with zero attached hydrogens (tertiary/aromatic N) is 3. The van der Waals surface area contributed by atoms with Crippen LogP contribution in [0.2, 0.25) is 0 Å². The van der Waals surface area contributed by atoms with Crippen LogP contribution in [0, 0.1) is 5.41 Å². The molecule has 5 aliphatic rings. The van der Waals surface area contributed by atoms with Crippen molar-refractivity contribution < 1.29 is 19.5 Å². The monoisotopic (exact) mass is 481 g/mol. The maximum atomic E-state index is 11.6. The number of carbonyl (C=O) groups is 1. The van der Waals surface area contributed by atoms with Gasteiger partial charge < -0.3 is 19.6 Å². The second kappa shape index (κ2) is 8.68. The molecule has 1 spiro atoms. The van der Waals surface area contributed by atoms with E-state index in [0.29, 0.717) is 18.8 Å². The van der Waals surface area contributed by atoms with Crippen molar-refractivity contribution in [2.75, 3.05) is 32.8 Å². The number of rotatable bonds is 7. The Morgan fingerprint density at radius 1 is 1.17 bits per heavy atom. The molecule has 1 aromatic carbocycles. The molecule has 2 saturated heterocycles. The van der Waals surface area contributed by atoms with Gasteiger partial charge in [-0.25, -0.2) is 0 Å². The number of benzene rings is 1. The number of aliphatic carboxylic acids is 1. The fourth-order valence-electron chi connectivity index (χ4n) is 6.39. The van der Waals surface area contributed by atoms with Gasteiger partial charge >= 0.3 is 5.97 Å². The maximum Gasteiger partial charge on any atom is 0.309 e. The van der Waals surface area contributed by atoms with Gasteiger partial charge in [-0.2, -0.15) is 0 Å². The van der Waals surface area contributed by atoms with E-state index in [1.165, 1.54) is 43.2 Å². The summed E-state index contributed by atoms with van der Waals surface area (Å²) in [4.78, 5) is 22.2. The SMILES string of the molecule is CCOc1cc(CN2CC3(CC(N4CCC(C)(C(=O)O)CC4)=NO3)C2)cc(C2CC2)c1C1CCC1. The lowest BCUT2D eigenvalue weighted by Crippen LogP contribution is -2.61. The topological polar surface area (TPSA) is 74.6 Å². The Morgan fingerprint density at radius 2 is 1.91 bits per heavy atom. The van der Waals surface area contributed by atoms with E-state index in [0.717, 1.165) is 63.3 Å². The first-order valence-electron chi connectivity index (χ1n) is 13.6. The van der Waals surface area contributed by atoms with Gasteiger partial charge in [0.1, 0.15) is 11.6 Å². The highest BCUT2D eigenvalue weighted by atomic mass is 16.7. The van der Waals surface area contributed by atoms with Crippen LogP contribution in [0.3, 0.4) is 0 Å². The maximum absolute atomic E-state index is 11.6. The summed E-state index contributed by atoms with van der Waals surface area (Å²) in [6.45, 7) is 8.83. The van der Waals surface area contributed by atoms with E-state index in [-0.39, 0.29) is 5.60 Å². The molecule has 0 amide bonds. The summed E-state index contributed by atoms with van der Waals surface area (Å²) in [5.41, 5.74) is 3.61. The highest BCUT2D eigenvalue weighted by Crippen LogP contribution is 2.51. The second-order valence-corrected chi connectivity index (χ2v) is 11.9. The minimum absolute atomic E-state index is 0.211. The number of carboxylic acid groups (broad SMARTS) is 1. The Bertz CT molecular complexity index is 1020. The molecule has 0 aromatic heterocycles. The molecule has 2 aliphatic carbocycles. The van der Waals surface area contributed by atoms with Crippen LogP contribution in [0.15, 0.2) is 17.3 Å². The number of amidine groups is 1. The quantitative estimate of drug-likeness (QED) is 0.608. The molecule has 0 radical (unpaired) electrons. The van der Waals surface area contributed by atoms with E-state index in [1.807, 2.05) is 6.92 Å². The van der Waals surface area contributed by atoms with Gasteiger partial charge in [0.2, 0.25) is 0 Å². The standard InChI is InChI=1S/C28H39N3O4/c1-3-34-23-14-19(13-22(20-7-8-20)25(23)21-5-4-6-21)16-30-17-28(18-30)15-24(29-35-28)31-11-9-27(2,10-12-31)26(32)33/h13-14,20-21H,3-12,15-18H2,1-2H3,(H,32,33). The fourth-order valence-corrected chi connectivity index (χ4v) is 6.39. The van der Waals surface area contributed by atoms with Crippen LogP contribution in [0.25, 0.3) is 0 Å². The van der Waals surface area contributed by atoms with E-state index in [4.69, 9.17) is 9.57 Å². The first-order chi connectivity index (χ1) is 16.9. The largest absolute Gasteiger partial charge is 0.494 e. The Hall–Kier alpha value is -2.28. The van der Waals surface area contributed by atoms with Gasteiger partial charge in [0.15, 0.2) is 5.60 Å². The predicted octanol–water partition coefficient (Wildman–Crippen LogP) is 4.71. The smallest absolute Gasteiger partial charge is 0.309 e. The van der Waals surface area contributed by atoms with Gasteiger partial charge in [0.05, 0.1) is 18.4 Å². The van der Waals surface area contributed by atoms with Crippen LogP contribution in [0.4, 0.5) is 0 Å². The van der Waals surface area contributed by atoms with Gasteiger partial charge in [0.25, 0.3) is 0 Å². The Balaban J connectivity index is 1.08. The second-order valence-electron chi connectivity index (χ2n) is 11.9. The number of likely N-dealkylation sites (tertiary alicyclic amines) is 2. The predicted molar refractivity (Wildman–Crippen MR) is 134 cm³/mol. The first kappa shape index (κ1) is 23.1. The molecule has 190 valence electrons. The molecule has 7 heteroatoms. The number of ether oxygens (including phenoxy) is 1. The number of hydrogen-bond donors (Lipinski definition) is 1. The molecule has 2 saturated carbocycles. The lowest BCUT2D eigenvalue weighted by atomic mass is 9.76. The molecule has 6 rings (SSSR count). The normalized spacial score (nSPS) is 25.5. The summed E-state index contributed by atoms with van der Waals surface area (Å²) in [7, 11) is 0. The van der Waals surface area contributed by atoms with Crippen LogP contribution in [-0.2, 0) is 16.2 Å². The molecular weight excluding hydrogens is 442 g/mol. The van der Waals surface area contributed by atoms with Gasteiger partial charge in [-0.15, -0.1) is 0 Å². The van der Waals surface area contributed by atoms with Crippen LogP contribution < -0.4 is 4.74 Å². The van der Waals surface area contributed by atoms with Crippen molar-refractivity contribution in [1.82, 2.24) is 9.80 Å². The molecule has 3 aliphatic heterocycles. The zero-order valence-corrected chi connectivity index (χ0v) is 21.2. The number of carboxylic acids is 1. The van der Waals surface area contributed by atoms with Crippen molar-refractivity contribution >= 4 is 11.8 Å². The average Bonchev–Trinajstić information content (AvgIpc) is 3.53. The molecule has 35 heavy (non-hydrogen) atoms. The highest BCUT2D eigenvalue weighted by Gasteiger charge is 2.51. The van der Waals surface area contributed by atoms with Crippen LogP contribution in [0.1, 0.15) is 93.7 Å². The molecular formula is C28H39N3O4. The summed E-state index contributed by atoms with van der Waals surface area (Å²) >= 11 is 0. The number of oxime groups is 1. The van der Waals surface area contributed by atoms with Crippen LogP contribution in [-0.4, -0.2) is 65.1 Å². The van der Waals surface area contributed by atoms with E-state index in [2.05, 4.69) is 34.0 Å². The highest BCUT2D eigenvalue weighted by molar-refractivity contribution is 5.85. The summed E-state index contributed by atoms with van der Waals surface area (Å²) in [6.07, 6.45) is 8.73. The van der Waals surface area contributed by atoms with E-state index in [9.17, 15) is 9.90 Å². The Labute approximate surface area is 208 Å². The van der Waals surface area contributed by atoms with Crippen molar-refractivity contribution in [3.8, 4) is 5.75 Å². The van der Waals surface area contributed by atoms with Crippen molar-refractivity contribution in [2.45, 2.75) is 89.2 Å². The lowest BCUT2D eigenvalue weighted by Gasteiger charge is -2.46. The van der Waals surface area contributed by atoms with Gasteiger partial charge in [-0.1, -0.05) is 17.6 Å². The van der Waals surface area contributed by atoms with Crippen molar-refractivity contribution in [2.24, 2.45) is 10.6 Å².